The number of carbonyl (C=O) groups excluding carboxylic acids is 1. The molecule has 0 unspecified atom stereocenters. The van der Waals surface area contributed by atoms with Gasteiger partial charge in [-0.1, -0.05) is 18.2 Å². The molecule has 1 aromatic carbocycles. The normalized spacial score (nSPS) is 10.4. The van der Waals surface area contributed by atoms with Gasteiger partial charge in [0.25, 0.3) is 0 Å². The SMILES string of the molecule is O=C(NN=Cc1ccc([N+](=O)[O-])o1)Nc1ccccc1. The van der Waals surface area contributed by atoms with Crippen molar-refractivity contribution in [1.29, 1.82) is 0 Å². The summed E-state index contributed by atoms with van der Waals surface area (Å²) < 4.78 is 4.83. The Morgan fingerprint density at radius 1 is 1.25 bits per heavy atom. The van der Waals surface area contributed by atoms with Crippen molar-refractivity contribution in [3.63, 3.8) is 0 Å². The number of carbonyl (C=O) groups is 1. The first-order chi connectivity index (χ1) is 9.65. The van der Waals surface area contributed by atoms with E-state index < -0.39 is 11.0 Å². The zero-order chi connectivity index (χ0) is 14.4. The molecule has 1 heterocycles. The first-order valence-corrected chi connectivity index (χ1v) is 5.54. The fourth-order valence-corrected chi connectivity index (χ4v) is 1.34. The summed E-state index contributed by atoms with van der Waals surface area (Å²) in [4.78, 5) is 21.2. The molecule has 2 rings (SSSR count). The minimum Gasteiger partial charge on any atom is -0.400 e. The number of amides is 2. The van der Waals surface area contributed by atoms with Crippen molar-refractivity contribution < 1.29 is 14.1 Å². The van der Waals surface area contributed by atoms with Gasteiger partial charge in [-0.3, -0.25) is 10.1 Å². The summed E-state index contributed by atoms with van der Waals surface area (Å²) >= 11 is 0. The van der Waals surface area contributed by atoms with E-state index >= 15 is 0 Å². The summed E-state index contributed by atoms with van der Waals surface area (Å²) in [7, 11) is 0. The Balaban J connectivity index is 1.86. The molecular formula is C12H10N4O4. The quantitative estimate of drug-likeness (QED) is 0.506. The molecule has 8 heteroatoms. The Labute approximate surface area is 113 Å². The summed E-state index contributed by atoms with van der Waals surface area (Å²) in [5, 5.41) is 16.5. The highest BCUT2D eigenvalue weighted by Crippen LogP contribution is 2.13. The lowest BCUT2D eigenvalue weighted by molar-refractivity contribution is -0.402. The highest BCUT2D eigenvalue weighted by molar-refractivity contribution is 5.90. The number of hydrogen-bond donors (Lipinski definition) is 2. The molecule has 0 atom stereocenters. The van der Waals surface area contributed by atoms with Crippen LogP contribution < -0.4 is 10.7 Å². The molecule has 0 spiro atoms. The lowest BCUT2D eigenvalue weighted by Crippen LogP contribution is -2.24. The van der Waals surface area contributed by atoms with Crippen LogP contribution in [0.25, 0.3) is 0 Å². The van der Waals surface area contributed by atoms with Crippen LogP contribution in [0.5, 0.6) is 0 Å². The molecule has 0 fully saturated rings. The molecule has 0 aliphatic rings. The van der Waals surface area contributed by atoms with E-state index in [0.29, 0.717) is 5.69 Å². The summed E-state index contributed by atoms with van der Waals surface area (Å²) in [6.07, 6.45) is 1.16. The number of benzene rings is 1. The van der Waals surface area contributed by atoms with E-state index in [-0.39, 0.29) is 11.6 Å². The first-order valence-electron chi connectivity index (χ1n) is 5.54. The van der Waals surface area contributed by atoms with Gasteiger partial charge in [0.1, 0.15) is 4.92 Å². The molecule has 0 radical (unpaired) electrons. The predicted molar refractivity (Wildman–Crippen MR) is 71.6 cm³/mol. The summed E-state index contributed by atoms with van der Waals surface area (Å²) in [5.74, 6) is -0.225. The maximum atomic E-state index is 11.4. The number of nitrogens with zero attached hydrogens (tertiary/aromatic N) is 2. The highest BCUT2D eigenvalue weighted by atomic mass is 16.6. The molecule has 1 aromatic heterocycles. The highest BCUT2D eigenvalue weighted by Gasteiger charge is 2.10. The van der Waals surface area contributed by atoms with Crippen LogP contribution in [-0.2, 0) is 0 Å². The van der Waals surface area contributed by atoms with E-state index in [1.54, 1.807) is 24.3 Å². The van der Waals surface area contributed by atoms with Gasteiger partial charge in [-0.25, -0.2) is 10.2 Å². The van der Waals surface area contributed by atoms with Gasteiger partial charge in [0.05, 0.1) is 12.3 Å². The zero-order valence-corrected chi connectivity index (χ0v) is 10.1. The first kappa shape index (κ1) is 13.3. The van der Waals surface area contributed by atoms with Gasteiger partial charge in [0.2, 0.25) is 0 Å². The Morgan fingerprint density at radius 3 is 2.65 bits per heavy atom. The van der Waals surface area contributed by atoms with E-state index in [4.69, 9.17) is 4.42 Å². The third-order valence-corrected chi connectivity index (χ3v) is 2.18. The molecule has 0 aliphatic heterocycles. The molecule has 2 N–H and O–H groups in total. The Hall–Kier alpha value is -3.16. The number of urea groups is 1. The van der Waals surface area contributed by atoms with Crippen LogP contribution in [0, 0.1) is 10.1 Å². The molecule has 0 saturated carbocycles. The van der Waals surface area contributed by atoms with E-state index in [2.05, 4.69) is 15.8 Å². The number of nitro groups is 1. The minimum atomic E-state index is -0.660. The second-order valence-electron chi connectivity index (χ2n) is 3.62. The number of anilines is 1. The van der Waals surface area contributed by atoms with Crippen LogP contribution in [0.1, 0.15) is 5.76 Å². The third kappa shape index (κ3) is 3.67. The van der Waals surface area contributed by atoms with Crippen molar-refractivity contribution in [3.8, 4) is 0 Å². The summed E-state index contributed by atoms with van der Waals surface area (Å²) in [5.41, 5.74) is 2.83. The molecule has 0 bridgehead atoms. The second kappa shape index (κ2) is 6.14. The Bertz CT molecular complexity index is 636. The van der Waals surface area contributed by atoms with Gasteiger partial charge in [-0.15, -0.1) is 0 Å². The largest absolute Gasteiger partial charge is 0.433 e. The maximum Gasteiger partial charge on any atom is 0.433 e. The minimum absolute atomic E-state index is 0.164. The monoisotopic (exact) mass is 274 g/mol. The predicted octanol–water partition coefficient (Wildman–Crippen LogP) is 2.34. The average molecular weight is 274 g/mol. The smallest absolute Gasteiger partial charge is 0.400 e. The number of furan rings is 1. The lowest BCUT2D eigenvalue weighted by Gasteiger charge is -2.02. The van der Waals surface area contributed by atoms with Crippen molar-refractivity contribution >= 4 is 23.8 Å². The van der Waals surface area contributed by atoms with Crippen LogP contribution in [0.3, 0.4) is 0 Å². The van der Waals surface area contributed by atoms with Gasteiger partial charge in [-0.05, 0) is 18.2 Å². The van der Waals surface area contributed by atoms with E-state index in [1.807, 2.05) is 6.07 Å². The van der Waals surface area contributed by atoms with Gasteiger partial charge in [-0.2, -0.15) is 5.10 Å². The Kier molecular flexibility index (Phi) is 4.07. The molecule has 8 nitrogen and oxygen atoms in total. The van der Waals surface area contributed by atoms with Gasteiger partial charge >= 0.3 is 11.9 Å². The summed E-state index contributed by atoms with van der Waals surface area (Å²) in [6.45, 7) is 0. The Morgan fingerprint density at radius 2 is 2.00 bits per heavy atom. The summed E-state index contributed by atoms with van der Waals surface area (Å²) in [6, 6.07) is 10.9. The van der Waals surface area contributed by atoms with Crippen molar-refractivity contribution in [2.45, 2.75) is 0 Å². The lowest BCUT2D eigenvalue weighted by atomic mass is 10.3. The fraction of sp³-hybridized carbons (Fsp3) is 0. The van der Waals surface area contributed by atoms with Crippen LogP contribution in [0.4, 0.5) is 16.4 Å². The van der Waals surface area contributed by atoms with Crippen LogP contribution in [-0.4, -0.2) is 17.2 Å². The molecule has 2 aromatic rings. The van der Waals surface area contributed by atoms with Crippen molar-refractivity contribution in [1.82, 2.24) is 5.43 Å². The molecule has 2 amide bonds. The van der Waals surface area contributed by atoms with Gasteiger partial charge in [0, 0.05) is 5.69 Å². The fourth-order valence-electron chi connectivity index (χ4n) is 1.34. The number of para-hydroxylation sites is 1. The average Bonchev–Trinajstić information content (AvgIpc) is 2.89. The maximum absolute atomic E-state index is 11.4. The van der Waals surface area contributed by atoms with E-state index in [1.165, 1.54) is 12.1 Å². The van der Waals surface area contributed by atoms with Crippen LogP contribution in [0.15, 0.2) is 52.0 Å². The van der Waals surface area contributed by atoms with E-state index in [9.17, 15) is 14.9 Å². The van der Waals surface area contributed by atoms with Crippen molar-refractivity contribution in [2.24, 2.45) is 5.10 Å². The molecule has 0 saturated heterocycles. The molecule has 0 aliphatic carbocycles. The van der Waals surface area contributed by atoms with Crippen molar-refractivity contribution in [3.05, 3.63) is 58.3 Å². The molecule has 20 heavy (non-hydrogen) atoms. The topological polar surface area (TPSA) is 110 Å². The zero-order valence-electron chi connectivity index (χ0n) is 10.1. The molecule has 102 valence electrons. The number of hydrazone groups is 1. The number of hydrogen-bond acceptors (Lipinski definition) is 5. The number of nitrogens with one attached hydrogen (secondary N) is 2. The van der Waals surface area contributed by atoms with E-state index in [0.717, 1.165) is 6.21 Å². The van der Waals surface area contributed by atoms with Crippen LogP contribution in [0.2, 0.25) is 0 Å². The van der Waals surface area contributed by atoms with Gasteiger partial charge in [0.15, 0.2) is 5.76 Å². The third-order valence-electron chi connectivity index (χ3n) is 2.18. The van der Waals surface area contributed by atoms with Crippen molar-refractivity contribution in [2.75, 3.05) is 5.32 Å². The number of rotatable bonds is 4. The van der Waals surface area contributed by atoms with Gasteiger partial charge < -0.3 is 9.73 Å². The van der Waals surface area contributed by atoms with Crippen LogP contribution >= 0.6 is 0 Å². The standard InChI is InChI=1S/C12H10N4O4/c17-12(14-9-4-2-1-3-5-9)15-13-8-10-6-7-11(20-10)16(18)19/h1-8H,(H2,14,15,17). The second-order valence-corrected chi connectivity index (χ2v) is 3.62. The molecular weight excluding hydrogens is 264 g/mol.